The van der Waals surface area contributed by atoms with E-state index < -0.39 is 11.7 Å². The van der Waals surface area contributed by atoms with Crippen molar-refractivity contribution in [2.24, 2.45) is 0 Å². The molecule has 1 aromatic rings. The van der Waals surface area contributed by atoms with Crippen LogP contribution < -0.4 is 0 Å². The molecule has 19 heavy (non-hydrogen) atoms. The average molecular weight is 260 g/mol. The van der Waals surface area contributed by atoms with E-state index in [1.54, 1.807) is 12.1 Å². The van der Waals surface area contributed by atoms with Crippen LogP contribution in [0.3, 0.4) is 0 Å². The molecule has 1 saturated heterocycles. The summed E-state index contributed by atoms with van der Waals surface area (Å²) in [7, 11) is 0. The van der Waals surface area contributed by atoms with Gasteiger partial charge in [-0.2, -0.15) is 5.26 Å². The van der Waals surface area contributed by atoms with Crippen molar-refractivity contribution < 1.29 is 15.0 Å². The molecule has 0 unspecified atom stereocenters. The Morgan fingerprint density at radius 3 is 2.37 bits per heavy atom. The van der Waals surface area contributed by atoms with Crippen molar-refractivity contribution in [2.75, 3.05) is 13.1 Å². The first-order chi connectivity index (χ1) is 9.02. The number of amides is 1. The average Bonchev–Trinajstić information content (AvgIpc) is 2.40. The van der Waals surface area contributed by atoms with E-state index in [0.29, 0.717) is 37.9 Å². The molecule has 1 amide bonds. The van der Waals surface area contributed by atoms with Crippen LogP contribution >= 0.6 is 0 Å². The van der Waals surface area contributed by atoms with Crippen LogP contribution in [0.25, 0.3) is 0 Å². The number of aliphatic hydroxyl groups is 1. The van der Waals surface area contributed by atoms with Crippen molar-refractivity contribution in [1.82, 2.24) is 4.90 Å². The van der Waals surface area contributed by atoms with Crippen LogP contribution in [0.5, 0.6) is 0 Å². The predicted octanol–water partition coefficient (Wildman–Crippen LogP) is 1.61. The van der Waals surface area contributed by atoms with Gasteiger partial charge in [-0.3, -0.25) is 0 Å². The summed E-state index contributed by atoms with van der Waals surface area (Å²) in [6.07, 6.45) is 0.450. The number of piperidine rings is 1. The van der Waals surface area contributed by atoms with E-state index >= 15 is 0 Å². The monoisotopic (exact) mass is 260 g/mol. The Morgan fingerprint density at radius 1 is 1.32 bits per heavy atom. The van der Waals surface area contributed by atoms with Crippen LogP contribution in [0.1, 0.15) is 24.0 Å². The highest BCUT2D eigenvalue weighted by molar-refractivity contribution is 5.65. The summed E-state index contributed by atoms with van der Waals surface area (Å²) in [5.74, 6) is 0. The van der Waals surface area contributed by atoms with E-state index in [1.165, 1.54) is 4.90 Å². The Hall–Kier alpha value is -2.06. The number of carbonyl (C=O) groups is 1. The van der Waals surface area contributed by atoms with E-state index in [0.717, 1.165) is 5.56 Å². The molecule has 0 aliphatic carbocycles. The van der Waals surface area contributed by atoms with E-state index in [-0.39, 0.29) is 0 Å². The summed E-state index contributed by atoms with van der Waals surface area (Å²) in [6, 6.07) is 9.17. The van der Waals surface area contributed by atoms with Crippen LogP contribution in [0, 0.1) is 11.3 Å². The third-order valence-electron chi connectivity index (χ3n) is 3.58. The number of nitrogens with zero attached hydrogens (tertiary/aromatic N) is 2. The highest BCUT2D eigenvalue weighted by Crippen LogP contribution is 2.26. The van der Waals surface area contributed by atoms with Gasteiger partial charge in [0.2, 0.25) is 0 Å². The summed E-state index contributed by atoms with van der Waals surface area (Å²) < 4.78 is 0. The first-order valence-electron chi connectivity index (χ1n) is 6.22. The minimum absolute atomic E-state index is 0.363. The Bertz CT molecular complexity index is 496. The number of hydrogen-bond donors (Lipinski definition) is 2. The zero-order chi connectivity index (χ0) is 13.9. The Morgan fingerprint density at radius 2 is 1.89 bits per heavy atom. The standard InChI is InChI=1S/C14H16N2O3/c15-10-12-3-1-11(2-4-12)9-14(19)5-7-16(8-6-14)13(17)18/h1-4,19H,5-9H2,(H,17,18). The van der Waals surface area contributed by atoms with Crippen molar-refractivity contribution in [1.29, 1.82) is 5.26 Å². The molecule has 0 spiro atoms. The zero-order valence-electron chi connectivity index (χ0n) is 10.5. The fourth-order valence-corrected chi connectivity index (χ4v) is 2.37. The van der Waals surface area contributed by atoms with Crippen LogP contribution in [0.4, 0.5) is 4.79 Å². The minimum atomic E-state index is -0.930. The maximum absolute atomic E-state index is 10.8. The summed E-state index contributed by atoms with van der Waals surface area (Å²) in [5, 5.41) is 28.1. The molecule has 1 fully saturated rings. The Kier molecular flexibility index (Phi) is 3.72. The first kappa shape index (κ1) is 13.4. The van der Waals surface area contributed by atoms with Crippen molar-refractivity contribution in [3.05, 3.63) is 35.4 Å². The van der Waals surface area contributed by atoms with Crippen LogP contribution in [0.15, 0.2) is 24.3 Å². The summed E-state index contributed by atoms with van der Waals surface area (Å²) in [6.45, 7) is 0.726. The third kappa shape index (κ3) is 3.24. The van der Waals surface area contributed by atoms with Gasteiger partial charge in [0.15, 0.2) is 0 Å². The second-order valence-corrected chi connectivity index (χ2v) is 4.98. The Labute approximate surface area is 111 Å². The van der Waals surface area contributed by atoms with Gasteiger partial charge in [-0.05, 0) is 30.5 Å². The van der Waals surface area contributed by atoms with E-state index in [2.05, 4.69) is 6.07 Å². The summed E-state index contributed by atoms with van der Waals surface area (Å²) in [4.78, 5) is 12.1. The summed E-state index contributed by atoms with van der Waals surface area (Å²) in [5.41, 5.74) is 0.710. The minimum Gasteiger partial charge on any atom is -0.465 e. The molecule has 0 atom stereocenters. The molecular formula is C14H16N2O3. The fourth-order valence-electron chi connectivity index (χ4n) is 2.37. The van der Waals surface area contributed by atoms with Gasteiger partial charge in [0.25, 0.3) is 0 Å². The van der Waals surface area contributed by atoms with E-state index in [4.69, 9.17) is 10.4 Å². The van der Waals surface area contributed by atoms with Crippen molar-refractivity contribution >= 4 is 6.09 Å². The van der Waals surface area contributed by atoms with Gasteiger partial charge < -0.3 is 15.1 Å². The fraction of sp³-hybridized carbons (Fsp3) is 0.429. The lowest BCUT2D eigenvalue weighted by molar-refractivity contribution is -0.0162. The lowest BCUT2D eigenvalue weighted by atomic mass is 9.85. The SMILES string of the molecule is N#Cc1ccc(CC2(O)CCN(C(=O)O)CC2)cc1. The molecular weight excluding hydrogens is 244 g/mol. The van der Waals surface area contributed by atoms with E-state index in [1.807, 2.05) is 12.1 Å². The van der Waals surface area contributed by atoms with Crippen LogP contribution in [-0.4, -0.2) is 39.9 Å². The number of benzene rings is 1. The molecule has 2 rings (SSSR count). The molecule has 100 valence electrons. The first-order valence-corrected chi connectivity index (χ1v) is 6.22. The molecule has 1 aliphatic rings. The lowest BCUT2D eigenvalue weighted by Crippen LogP contribution is -2.47. The van der Waals surface area contributed by atoms with Crippen molar-refractivity contribution in [3.63, 3.8) is 0 Å². The molecule has 0 saturated carbocycles. The smallest absolute Gasteiger partial charge is 0.407 e. The number of nitriles is 1. The topological polar surface area (TPSA) is 84.6 Å². The number of hydrogen-bond acceptors (Lipinski definition) is 3. The van der Waals surface area contributed by atoms with Crippen LogP contribution in [0.2, 0.25) is 0 Å². The normalized spacial score (nSPS) is 17.8. The van der Waals surface area contributed by atoms with Gasteiger partial charge in [0.1, 0.15) is 0 Å². The molecule has 2 N–H and O–H groups in total. The highest BCUT2D eigenvalue weighted by Gasteiger charge is 2.33. The largest absolute Gasteiger partial charge is 0.465 e. The molecule has 1 aromatic carbocycles. The molecule has 0 aromatic heterocycles. The quantitative estimate of drug-likeness (QED) is 0.846. The maximum Gasteiger partial charge on any atom is 0.407 e. The van der Waals surface area contributed by atoms with Gasteiger partial charge in [0, 0.05) is 19.5 Å². The maximum atomic E-state index is 10.8. The third-order valence-corrected chi connectivity index (χ3v) is 3.58. The van der Waals surface area contributed by atoms with Crippen molar-refractivity contribution in [2.45, 2.75) is 24.9 Å². The molecule has 1 aliphatic heterocycles. The zero-order valence-corrected chi connectivity index (χ0v) is 10.5. The predicted molar refractivity (Wildman–Crippen MR) is 68.6 cm³/mol. The van der Waals surface area contributed by atoms with E-state index in [9.17, 15) is 9.90 Å². The number of likely N-dealkylation sites (tertiary alicyclic amines) is 1. The molecule has 1 heterocycles. The summed E-state index contributed by atoms with van der Waals surface area (Å²) >= 11 is 0. The number of carboxylic acid groups (broad SMARTS) is 1. The molecule has 0 radical (unpaired) electrons. The van der Waals surface area contributed by atoms with Gasteiger partial charge in [-0.25, -0.2) is 4.79 Å². The lowest BCUT2D eigenvalue weighted by Gasteiger charge is -2.37. The van der Waals surface area contributed by atoms with Gasteiger partial charge in [-0.15, -0.1) is 0 Å². The molecule has 5 heteroatoms. The van der Waals surface area contributed by atoms with Crippen LogP contribution in [-0.2, 0) is 6.42 Å². The van der Waals surface area contributed by atoms with Gasteiger partial charge >= 0.3 is 6.09 Å². The molecule has 0 bridgehead atoms. The van der Waals surface area contributed by atoms with Gasteiger partial charge in [0.05, 0.1) is 17.2 Å². The highest BCUT2D eigenvalue weighted by atomic mass is 16.4. The molecule has 5 nitrogen and oxygen atoms in total. The number of rotatable bonds is 2. The Balaban J connectivity index is 1.98. The van der Waals surface area contributed by atoms with Gasteiger partial charge in [-0.1, -0.05) is 12.1 Å². The van der Waals surface area contributed by atoms with Crippen molar-refractivity contribution in [3.8, 4) is 6.07 Å². The second-order valence-electron chi connectivity index (χ2n) is 4.98. The second kappa shape index (κ2) is 5.29.